The summed E-state index contributed by atoms with van der Waals surface area (Å²) in [7, 11) is 0. The summed E-state index contributed by atoms with van der Waals surface area (Å²) < 4.78 is 37.9. The fourth-order valence-corrected chi connectivity index (χ4v) is 2.13. The number of hydrogen-bond acceptors (Lipinski definition) is 3. The van der Waals surface area contributed by atoms with E-state index in [0.29, 0.717) is 5.02 Å². The molecule has 0 aliphatic rings. The predicted molar refractivity (Wildman–Crippen MR) is 96.0 cm³/mol. The second-order valence-corrected chi connectivity index (χ2v) is 5.64. The zero-order valence-electron chi connectivity index (χ0n) is 13.3. The SMILES string of the molecule is NC(CC=Nc1cccc(C(F)(F)F)c1)=NC(=O)c1cc(Cl)ccc1N. The third-order valence-electron chi connectivity index (χ3n) is 3.21. The van der Waals surface area contributed by atoms with Crippen LogP contribution in [0.5, 0.6) is 0 Å². The third kappa shape index (κ3) is 5.32. The van der Waals surface area contributed by atoms with Gasteiger partial charge in [0.2, 0.25) is 0 Å². The van der Waals surface area contributed by atoms with E-state index in [1.807, 2.05) is 0 Å². The van der Waals surface area contributed by atoms with E-state index in [0.717, 1.165) is 12.1 Å². The van der Waals surface area contributed by atoms with E-state index >= 15 is 0 Å². The number of halogens is 4. The van der Waals surface area contributed by atoms with Crippen molar-refractivity contribution in [3.8, 4) is 0 Å². The Balaban J connectivity index is 2.07. The van der Waals surface area contributed by atoms with Crippen molar-refractivity contribution in [2.45, 2.75) is 12.6 Å². The maximum absolute atomic E-state index is 12.6. The van der Waals surface area contributed by atoms with Crippen molar-refractivity contribution in [1.82, 2.24) is 0 Å². The zero-order chi connectivity index (χ0) is 19.3. The lowest BCUT2D eigenvalue weighted by Gasteiger charge is -2.06. The van der Waals surface area contributed by atoms with Crippen LogP contribution in [-0.4, -0.2) is 18.0 Å². The van der Waals surface area contributed by atoms with Crippen LogP contribution in [0.3, 0.4) is 0 Å². The summed E-state index contributed by atoms with van der Waals surface area (Å²) >= 11 is 5.80. The first-order valence-corrected chi connectivity index (χ1v) is 7.67. The van der Waals surface area contributed by atoms with Crippen LogP contribution in [0.1, 0.15) is 22.3 Å². The maximum Gasteiger partial charge on any atom is 0.416 e. The highest BCUT2D eigenvalue weighted by atomic mass is 35.5. The van der Waals surface area contributed by atoms with Crippen LogP contribution in [-0.2, 0) is 6.18 Å². The number of nitrogens with two attached hydrogens (primary N) is 2. The van der Waals surface area contributed by atoms with Gasteiger partial charge in [0, 0.05) is 23.3 Å². The van der Waals surface area contributed by atoms with Crippen molar-refractivity contribution in [2.75, 3.05) is 5.73 Å². The number of anilines is 1. The summed E-state index contributed by atoms with van der Waals surface area (Å²) in [6.45, 7) is 0. The number of alkyl halides is 3. The Kier molecular flexibility index (Phi) is 5.99. The highest BCUT2D eigenvalue weighted by molar-refractivity contribution is 6.31. The molecule has 0 saturated carbocycles. The van der Waals surface area contributed by atoms with Gasteiger partial charge in [-0.15, -0.1) is 0 Å². The molecule has 0 unspecified atom stereocenters. The molecule has 2 rings (SSSR count). The first-order chi connectivity index (χ1) is 12.2. The van der Waals surface area contributed by atoms with Gasteiger partial charge in [-0.05, 0) is 36.4 Å². The first kappa shape index (κ1) is 19.5. The van der Waals surface area contributed by atoms with E-state index < -0.39 is 17.6 Å². The summed E-state index contributed by atoms with van der Waals surface area (Å²) in [4.78, 5) is 19.6. The summed E-state index contributed by atoms with van der Waals surface area (Å²) in [5, 5.41) is 0.322. The summed E-state index contributed by atoms with van der Waals surface area (Å²) in [5.41, 5.74) is 10.9. The minimum atomic E-state index is -4.45. The average molecular weight is 383 g/mol. The molecule has 0 radical (unpaired) electrons. The molecule has 0 spiro atoms. The van der Waals surface area contributed by atoms with Crippen LogP contribution in [0.2, 0.25) is 5.02 Å². The Morgan fingerprint density at radius 2 is 1.92 bits per heavy atom. The van der Waals surface area contributed by atoms with E-state index in [-0.39, 0.29) is 29.2 Å². The van der Waals surface area contributed by atoms with Crippen molar-refractivity contribution in [3.63, 3.8) is 0 Å². The Morgan fingerprint density at radius 3 is 2.62 bits per heavy atom. The number of hydrogen-bond donors (Lipinski definition) is 2. The fraction of sp³-hybridized carbons (Fsp3) is 0.118. The molecule has 5 nitrogen and oxygen atoms in total. The molecule has 0 saturated heterocycles. The third-order valence-corrected chi connectivity index (χ3v) is 3.44. The van der Waals surface area contributed by atoms with Crippen molar-refractivity contribution >= 4 is 40.9 Å². The number of carbonyl (C=O) groups excluding carboxylic acids is 1. The van der Waals surface area contributed by atoms with Gasteiger partial charge in [0.05, 0.1) is 16.8 Å². The van der Waals surface area contributed by atoms with E-state index in [2.05, 4.69) is 9.98 Å². The average Bonchev–Trinajstić information content (AvgIpc) is 2.56. The number of rotatable bonds is 4. The molecule has 2 aromatic rings. The van der Waals surface area contributed by atoms with Crippen molar-refractivity contribution in [3.05, 3.63) is 58.6 Å². The minimum absolute atomic E-state index is 0.0253. The van der Waals surface area contributed by atoms with Gasteiger partial charge >= 0.3 is 6.18 Å². The summed E-state index contributed by atoms with van der Waals surface area (Å²) in [6.07, 6.45) is -3.21. The van der Waals surface area contributed by atoms with Gasteiger partial charge in [-0.2, -0.15) is 18.2 Å². The van der Waals surface area contributed by atoms with Gasteiger partial charge in [0.1, 0.15) is 5.84 Å². The fourth-order valence-electron chi connectivity index (χ4n) is 1.96. The number of nitrogen functional groups attached to an aromatic ring is 1. The van der Waals surface area contributed by atoms with Crippen LogP contribution in [0, 0.1) is 0 Å². The largest absolute Gasteiger partial charge is 0.416 e. The number of amides is 1. The number of nitrogens with zero attached hydrogens (tertiary/aromatic N) is 2. The lowest BCUT2D eigenvalue weighted by atomic mass is 10.1. The highest BCUT2D eigenvalue weighted by Gasteiger charge is 2.30. The normalized spacial score (nSPS) is 12.5. The van der Waals surface area contributed by atoms with E-state index in [1.165, 1.54) is 36.5 Å². The van der Waals surface area contributed by atoms with Crippen molar-refractivity contribution < 1.29 is 18.0 Å². The maximum atomic E-state index is 12.6. The molecule has 0 aromatic heterocycles. The first-order valence-electron chi connectivity index (χ1n) is 7.29. The molecule has 0 bridgehead atoms. The molecular weight excluding hydrogens is 369 g/mol. The Labute approximate surface area is 152 Å². The van der Waals surface area contributed by atoms with Gasteiger partial charge in [0.15, 0.2) is 0 Å². The second kappa shape index (κ2) is 8.01. The minimum Gasteiger partial charge on any atom is -0.398 e. The van der Waals surface area contributed by atoms with Gasteiger partial charge in [-0.3, -0.25) is 9.79 Å². The predicted octanol–water partition coefficient (Wildman–Crippen LogP) is 4.23. The summed E-state index contributed by atoms with van der Waals surface area (Å²) in [5.74, 6) is -0.736. The summed E-state index contributed by atoms with van der Waals surface area (Å²) in [6, 6.07) is 8.88. The molecular formula is C17H14ClF3N4O. The molecule has 2 aromatic carbocycles. The second-order valence-electron chi connectivity index (χ2n) is 5.20. The lowest BCUT2D eigenvalue weighted by molar-refractivity contribution is -0.137. The Hall–Kier alpha value is -2.87. The molecule has 0 heterocycles. The molecule has 136 valence electrons. The highest BCUT2D eigenvalue weighted by Crippen LogP contribution is 2.31. The molecule has 1 amide bonds. The topological polar surface area (TPSA) is 93.8 Å². The number of amidine groups is 1. The molecule has 0 aliphatic carbocycles. The molecule has 0 aliphatic heterocycles. The Morgan fingerprint density at radius 1 is 1.19 bits per heavy atom. The molecule has 0 atom stereocenters. The van der Waals surface area contributed by atoms with E-state index in [1.54, 1.807) is 0 Å². The van der Waals surface area contributed by atoms with Crippen molar-refractivity contribution in [1.29, 1.82) is 0 Å². The lowest BCUT2D eigenvalue weighted by Crippen LogP contribution is -2.15. The Bertz CT molecular complexity index is 879. The molecule has 4 N–H and O–H groups in total. The van der Waals surface area contributed by atoms with Gasteiger partial charge < -0.3 is 11.5 Å². The van der Waals surface area contributed by atoms with Crippen LogP contribution in [0.15, 0.2) is 52.4 Å². The number of carbonyl (C=O) groups is 1. The van der Waals surface area contributed by atoms with Gasteiger partial charge in [-0.25, -0.2) is 0 Å². The van der Waals surface area contributed by atoms with E-state index in [4.69, 9.17) is 23.1 Å². The molecule has 9 heteroatoms. The number of aliphatic imine (C=N–C) groups is 2. The molecule has 26 heavy (non-hydrogen) atoms. The standard InChI is InChI=1S/C17H14ClF3N4O/c18-11-4-5-14(22)13(9-11)16(26)25-15(23)6-7-24-12-3-1-2-10(8-12)17(19,20)21/h1-5,7-9H,6,22H2,(H2,23,25,26). The van der Waals surface area contributed by atoms with Crippen molar-refractivity contribution in [2.24, 2.45) is 15.7 Å². The smallest absolute Gasteiger partial charge is 0.398 e. The van der Waals surface area contributed by atoms with Crippen LogP contribution < -0.4 is 11.5 Å². The van der Waals surface area contributed by atoms with Gasteiger partial charge in [0.25, 0.3) is 5.91 Å². The molecule has 0 fully saturated rings. The van der Waals surface area contributed by atoms with Gasteiger partial charge in [-0.1, -0.05) is 17.7 Å². The van der Waals surface area contributed by atoms with Crippen LogP contribution >= 0.6 is 11.6 Å². The van der Waals surface area contributed by atoms with E-state index in [9.17, 15) is 18.0 Å². The monoisotopic (exact) mass is 382 g/mol. The number of benzene rings is 2. The quantitative estimate of drug-likeness (QED) is 0.470. The zero-order valence-corrected chi connectivity index (χ0v) is 14.1. The van der Waals surface area contributed by atoms with Crippen LogP contribution in [0.4, 0.5) is 24.5 Å². The van der Waals surface area contributed by atoms with Crippen LogP contribution in [0.25, 0.3) is 0 Å².